The van der Waals surface area contributed by atoms with E-state index in [-0.39, 0.29) is 15.7 Å². The van der Waals surface area contributed by atoms with Gasteiger partial charge in [0.25, 0.3) is 5.91 Å². The number of rotatable bonds is 8. The predicted octanol–water partition coefficient (Wildman–Crippen LogP) is 3.28. The number of fused-ring (bicyclic) bond motifs is 1. The first-order chi connectivity index (χ1) is 14.6. The minimum absolute atomic E-state index is 0.102. The van der Waals surface area contributed by atoms with Crippen LogP contribution in [0.1, 0.15) is 28.9 Å². The van der Waals surface area contributed by atoms with Gasteiger partial charge >= 0.3 is 0 Å². The van der Waals surface area contributed by atoms with Crippen molar-refractivity contribution in [1.82, 2.24) is 14.6 Å². The second-order valence-corrected chi connectivity index (χ2v) is 9.84. The average Bonchev–Trinajstić information content (AvgIpc) is 3.46. The summed E-state index contributed by atoms with van der Waals surface area (Å²) in [6.07, 6.45) is 4.03. The Kier molecular flexibility index (Phi) is 6.31. The quantitative estimate of drug-likeness (QED) is 0.538. The molecule has 1 aliphatic rings. The van der Waals surface area contributed by atoms with E-state index in [1.165, 1.54) is 10.4 Å². The lowest BCUT2D eigenvalue weighted by atomic mass is 10.2. The van der Waals surface area contributed by atoms with Crippen molar-refractivity contribution in [2.24, 2.45) is 0 Å². The summed E-state index contributed by atoms with van der Waals surface area (Å²) in [7, 11) is -3.61. The van der Waals surface area contributed by atoms with Gasteiger partial charge in [-0.05, 0) is 42.8 Å². The maximum Gasteiger partial charge on any atom is 0.262 e. The van der Waals surface area contributed by atoms with Crippen LogP contribution in [0.5, 0.6) is 5.75 Å². The first-order valence-electron chi connectivity index (χ1n) is 9.90. The number of ether oxygens (including phenoxy) is 1. The molecule has 0 radical (unpaired) electrons. The van der Waals surface area contributed by atoms with E-state index in [1.54, 1.807) is 11.6 Å². The molecule has 7 nitrogen and oxygen atoms in total. The zero-order valence-electron chi connectivity index (χ0n) is 16.4. The van der Waals surface area contributed by atoms with E-state index in [0.29, 0.717) is 38.4 Å². The number of hydrogen-bond donors (Lipinski definition) is 1. The van der Waals surface area contributed by atoms with Gasteiger partial charge < -0.3 is 10.1 Å². The number of carbonyl (C=O) groups excluding carboxylic acids is 1. The van der Waals surface area contributed by atoms with Gasteiger partial charge in [-0.3, -0.25) is 9.78 Å². The van der Waals surface area contributed by atoms with Crippen molar-refractivity contribution >= 4 is 38.2 Å². The fourth-order valence-corrected chi connectivity index (χ4v) is 6.30. The van der Waals surface area contributed by atoms with E-state index in [9.17, 15) is 13.2 Å². The zero-order chi connectivity index (χ0) is 21.0. The Balaban J connectivity index is 1.31. The number of carbonyl (C=O) groups is 1. The molecule has 2 aromatic heterocycles. The van der Waals surface area contributed by atoms with Crippen molar-refractivity contribution in [1.29, 1.82) is 0 Å². The number of nitrogens with zero attached hydrogens (tertiary/aromatic N) is 2. The van der Waals surface area contributed by atoms with Crippen LogP contribution in [0.3, 0.4) is 0 Å². The van der Waals surface area contributed by atoms with Crippen LogP contribution in [0.15, 0.2) is 52.9 Å². The van der Waals surface area contributed by atoms with Crippen molar-refractivity contribution in [3.63, 3.8) is 0 Å². The third kappa shape index (κ3) is 4.33. The third-order valence-corrected chi connectivity index (χ3v) is 7.96. The summed E-state index contributed by atoms with van der Waals surface area (Å²) in [6.45, 7) is 1.83. The monoisotopic (exact) mass is 445 g/mol. The second kappa shape index (κ2) is 9.11. The first kappa shape index (κ1) is 20.8. The SMILES string of the molecule is O=C(NCCCOc1cccc2cccnc12)c1sccc1S(=O)(=O)N1CCCC1. The summed E-state index contributed by atoms with van der Waals surface area (Å²) in [5.41, 5.74) is 0.805. The van der Waals surface area contributed by atoms with Gasteiger partial charge in [0.05, 0.1) is 6.61 Å². The van der Waals surface area contributed by atoms with Gasteiger partial charge in [0.1, 0.15) is 21.0 Å². The molecule has 0 saturated carbocycles. The molecule has 1 N–H and O–H groups in total. The van der Waals surface area contributed by atoms with E-state index in [2.05, 4.69) is 10.3 Å². The highest BCUT2D eigenvalue weighted by atomic mass is 32.2. The van der Waals surface area contributed by atoms with Crippen LogP contribution >= 0.6 is 11.3 Å². The summed E-state index contributed by atoms with van der Waals surface area (Å²) in [5, 5.41) is 5.46. The number of amides is 1. The molecular formula is C21H23N3O4S2. The number of hydrogen-bond acceptors (Lipinski definition) is 6. The average molecular weight is 446 g/mol. The van der Waals surface area contributed by atoms with Gasteiger partial charge in [0.2, 0.25) is 10.0 Å². The molecule has 1 fully saturated rings. The Labute approximate surface area is 179 Å². The fraction of sp³-hybridized carbons (Fsp3) is 0.333. The van der Waals surface area contributed by atoms with Crippen LogP contribution in [0.2, 0.25) is 0 Å². The minimum Gasteiger partial charge on any atom is -0.491 e. The highest BCUT2D eigenvalue weighted by Crippen LogP contribution is 2.27. The van der Waals surface area contributed by atoms with E-state index in [4.69, 9.17) is 4.74 Å². The number of benzene rings is 1. The highest BCUT2D eigenvalue weighted by molar-refractivity contribution is 7.89. The largest absolute Gasteiger partial charge is 0.491 e. The zero-order valence-corrected chi connectivity index (χ0v) is 18.0. The normalized spacial score (nSPS) is 14.8. The van der Waals surface area contributed by atoms with E-state index < -0.39 is 10.0 Å². The summed E-state index contributed by atoms with van der Waals surface area (Å²) in [5.74, 6) is 0.339. The minimum atomic E-state index is -3.61. The van der Waals surface area contributed by atoms with Crippen molar-refractivity contribution < 1.29 is 17.9 Å². The van der Waals surface area contributed by atoms with Gasteiger partial charge in [0.15, 0.2) is 0 Å². The number of aromatic nitrogens is 1. The molecule has 9 heteroatoms. The lowest BCUT2D eigenvalue weighted by molar-refractivity contribution is 0.0952. The van der Waals surface area contributed by atoms with Crippen LogP contribution in [0, 0.1) is 0 Å². The molecule has 1 saturated heterocycles. The van der Waals surface area contributed by atoms with Crippen molar-refractivity contribution in [3.05, 3.63) is 52.9 Å². The van der Waals surface area contributed by atoms with Gasteiger partial charge in [-0.2, -0.15) is 4.31 Å². The lowest BCUT2D eigenvalue weighted by Gasteiger charge is -2.15. The van der Waals surface area contributed by atoms with Crippen LogP contribution in [0.4, 0.5) is 0 Å². The molecule has 0 bridgehead atoms. The first-order valence-corrected chi connectivity index (χ1v) is 12.2. The Bertz CT molecular complexity index is 1130. The summed E-state index contributed by atoms with van der Waals surface area (Å²) in [4.78, 5) is 17.3. The number of nitrogens with one attached hydrogen (secondary N) is 1. The molecule has 1 aromatic carbocycles. The molecule has 0 spiro atoms. The predicted molar refractivity (Wildman–Crippen MR) is 117 cm³/mol. The van der Waals surface area contributed by atoms with Gasteiger partial charge in [-0.15, -0.1) is 11.3 Å². The van der Waals surface area contributed by atoms with Crippen LogP contribution in [-0.2, 0) is 10.0 Å². The number of thiophene rings is 1. The molecule has 1 amide bonds. The summed E-state index contributed by atoms with van der Waals surface area (Å²) in [6, 6.07) is 11.1. The Morgan fingerprint density at radius 2 is 1.97 bits per heavy atom. The Morgan fingerprint density at radius 1 is 1.17 bits per heavy atom. The van der Waals surface area contributed by atoms with Gasteiger partial charge in [-0.1, -0.05) is 18.2 Å². The van der Waals surface area contributed by atoms with Crippen molar-refractivity contribution in [2.45, 2.75) is 24.2 Å². The smallest absolute Gasteiger partial charge is 0.262 e. The van der Waals surface area contributed by atoms with Crippen LogP contribution in [0.25, 0.3) is 10.9 Å². The molecule has 0 atom stereocenters. The standard InChI is InChI=1S/C21H23N3O4S2/c25-21(20-18(9-15-29-20)30(26,27)24-12-1-2-13-24)23-11-5-14-28-17-8-3-6-16-7-4-10-22-19(16)17/h3-4,6-10,15H,1-2,5,11-14H2,(H,23,25). The van der Waals surface area contributed by atoms with E-state index in [0.717, 1.165) is 35.1 Å². The summed E-state index contributed by atoms with van der Waals surface area (Å²) < 4.78 is 32.9. The van der Waals surface area contributed by atoms with Crippen LogP contribution < -0.4 is 10.1 Å². The highest BCUT2D eigenvalue weighted by Gasteiger charge is 2.31. The molecule has 0 aliphatic carbocycles. The van der Waals surface area contributed by atoms with Gasteiger partial charge in [0, 0.05) is 31.2 Å². The second-order valence-electron chi connectivity index (χ2n) is 7.01. The maximum absolute atomic E-state index is 12.8. The van der Waals surface area contributed by atoms with E-state index in [1.807, 2.05) is 30.3 Å². The molecule has 30 heavy (non-hydrogen) atoms. The Hall–Kier alpha value is -2.49. The molecule has 1 aliphatic heterocycles. The molecule has 158 valence electrons. The van der Waals surface area contributed by atoms with Crippen molar-refractivity contribution in [3.8, 4) is 5.75 Å². The molecule has 3 aromatic rings. The van der Waals surface area contributed by atoms with Crippen molar-refractivity contribution in [2.75, 3.05) is 26.2 Å². The topological polar surface area (TPSA) is 88.6 Å². The molecule has 0 unspecified atom stereocenters. The maximum atomic E-state index is 12.8. The third-order valence-electron chi connectivity index (χ3n) is 4.98. The number of para-hydroxylation sites is 1. The van der Waals surface area contributed by atoms with Gasteiger partial charge in [-0.25, -0.2) is 8.42 Å². The van der Waals surface area contributed by atoms with Crippen LogP contribution in [-0.4, -0.2) is 49.9 Å². The number of sulfonamides is 1. The Morgan fingerprint density at radius 3 is 2.80 bits per heavy atom. The lowest BCUT2D eigenvalue weighted by Crippen LogP contribution is -2.31. The van der Waals surface area contributed by atoms with E-state index >= 15 is 0 Å². The summed E-state index contributed by atoms with van der Waals surface area (Å²) >= 11 is 1.15. The number of pyridine rings is 1. The molecule has 3 heterocycles. The fourth-order valence-electron chi connectivity index (χ4n) is 3.46. The molecule has 4 rings (SSSR count). The molecular weight excluding hydrogens is 422 g/mol.